The van der Waals surface area contributed by atoms with Gasteiger partial charge < -0.3 is 4.74 Å². The number of benzene rings is 2. The first-order valence-corrected chi connectivity index (χ1v) is 9.18. The number of rotatable bonds is 5. The lowest BCUT2D eigenvalue weighted by molar-refractivity contribution is 0.0838. The smallest absolute Gasteiger partial charge is 0.166 e. The second-order valence-electron chi connectivity index (χ2n) is 7.30. The summed E-state index contributed by atoms with van der Waals surface area (Å²) in [4.78, 5) is 13.2. The molecule has 2 aromatic carbocycles. The van der Waals surface area contributed by atoms with E-state index in [4.69, 9.17) is 4.74 Å². The van der Waals surface area contributed by atoms with Crippen LogP contribution < -0.4 is 4.74 Å². The van der Waals surface area contributed by atoms with Gasteiger partial charge in [0, 0.05) is 11.5 Å². The van der Waals surface area contributed by atoms with Crippen molar-refractivity contribution in [2.24, 2.45) is 23.7 Å². The fourth-order valence-electron chi connectivity index (χ4n) is 4.74. The van der Waals surface area contributed by atoms with E-state index in [9.17, 15) is 4.79 Å². The van der Waals surface area contributed by atoms with Crippen LogP contribution in [0.4, 0.5) is 0 Å². The first kappa shape index (κ1) is 16.1. The van der Waals surface area contributed by atoms with E-state index in [1.54, 1.807) is 7.11 Å². The van der Waals surface area contributed by atoms with Gasteiger partial charge in [0.05, 0.1) is 7.11 Å². The van der Waals surface area contributed by atoms with E-state index in [0.29, 0.717) is 23.5 Å². The Balaban J connectivity index is 1.57. The fraction of sp³-hybridized carbons (Fsp3) is 0.348. The van der Waals surface area contributed by atoms with Crippen LogP contribution in [0.15, 0.2) is 60.7 Å². The summed E-state index contributed by atoms with van der Waals surface area (Å²) >= 11 is 0. The van der Waals surface area contributed by atoms with Crippen molar-refractivity contribution in [3.05, 3.63) is 71.8 Å². The molecule has 0 radical (unpaired) electrons. The first-order chi connectivity index (χ1) is 12.3. The van der Waals surface area contributed by atoms with Crippen molar-refractivity contribution in [1.29, 1.82) is 0 Å². The Morgan fingerprint density at radius 3 is 2.44 bits per heavy atom. The Morgan fingerprint density at radius 2 is 1.72 bits per heavy atom. The summed E-state index contributed by atoms with van der Waals surface area (Å²) in [7, 11) is 1.65. The van der Waals surface area contributed by atoms with Gasteiger partial charge in [0.2, 0.25) is 0 Å². The molecule has 1 unspecified atom stereocenters. The van der Waals surface area contributed by atoms with Crippen molar-refractivity contribution in [3.63, 3.8) is 0 Å². The van der Waals surface area contributed by atoms with Crippen molar-refractivity contribution < 1.29 is 9.53 Å². The van der Waals surface area contributed by atoms with Crippen LogP contribution in [-0.2, 0) is 0 Å². The van der Waals surface area contributed by atoms with Gasteiger partial charge in [0.1, 0.15) is 5.75 Å². The van der Waals surface area contributed by atoms with Crippen LogP contribution in [0.25, 0.3) is 6.08 Å². The highest BCUT2D eigenvalue weighted by Gasteiger charge is 2.49. The summed E-state index contributed by atoms with van der Waals surface area (Å²) in [5.41, 5.74) is 2.03. The predicted molar refractivity (Wildman–Crippen MR) is 101 cm³/mol. The molecular formula is C23H24O2. The molecule has 4 rings (SSSR count). The Kier molecular flexibility index (Phi) is 4.44. The van der Waals surface area contributed by atoms with Gasteiger partial charge >= 0.3 is 0 Å². The standard InChI is InChI=1S/C23H24O2/c1-25-20-12-10-17(11-13-20)23(24)22-19-9-8-18(15-19)21(22)14-7-16-5-3-2-4-6-16/h2-7,10-14,18-19,21-22H,8-9,15H2,1H3/b14-7-/t18-,19+,21?,22-/m1/s1. The van der Waals surface area contributed by atoms with Crippen LogP contribution in [0.1, 0.15) is 35.2 Å². The number of carbonyl (C=O) groups excluding carboxylic acids is 1. The average Bonchev–Trinajstić information content (AvgIpc) is 3.28. The van der Waals surface area contributed by atoms with E-state index in [1.165, 1.54) is 24.8 Å². The number of carbonyl (C=O) groups is 1. The zero-order valence-corrected chi connectivity index (χ0v) is 14.6. The van der Waals surface area contributed by atoms with E-state index >= 15 is 0 Å². The summed E-state index contributed by atoms with van der Waals surface area (Å²) in [6, 6.07) is 18.0. The molecule has 0 N–H and O–H groups in total. The van der Waals surface area contributed by atoms with E-state index in [-0.39, 0.29) is 5.92 Å². The SMILES string of the molecule is COc1ccc(C(=O)[C@H]2C(/C=C\c3ccccc3)[C@@H]3CC[C@H]2C3)cc1. The fourth-order valence-corrected chi connectivity index (χ4v) is 4.74. The van der Waals surface area contributed by atoms with E-state index in [0.717, 1.165) is 11.3 Å². The molecule has 2 aliphatic rings. The van der Waals surface area contributed by atoms with Crippen LogP contribution in [0.5, 0.6) is 5.75 Å². The molecule has 0 heterocycles. The largest absolute Gasteiger partial charge is 0.497 e. The molecule has 2 heteroatoms. The van der Waals surface area contributed by atoms with Crippen molar-refractivity contribution >= 4 is 11.9 Å². The second-order valence-corrected chi connectivity index (χ2v) is 7.30. The maximum absolute atomic E-state index is 13.2. The lowest BCUT2D eigenvalue weighted by Crippen LogP contribution is -2.28. The molecule has 2 fully saturated rings. The lowest BCUT2D eigenvalue weighted by Gasteiger charge is -2.28. The molecular weight excluding hydrogens is 308 g/mol. The molecule has 2 aromatic rings. The van der Waals surface area contributed by atoms with E-state index < -0.39 is 0 Å². The Morgan fingerprint density at radius 1 is 1.00 bits per heavy atom. The number of Topliss-reactive ketones (excluding diaryl/α,β-unsaturated/α-hetero) is 1. The van der Waals surface area contributed by atoms with E-state index in [1.807, 2.05) is 30.3 Å². The average molecular weight is 332 g/mol. The van der Waals surface area contributed by atoms with Crippen molar-refractivity contribution in [3.8, 4) is 5.75 Å². The molecule has 0 saturated heterocycles. The monoisotopic (exact) mass is 332 g/mol. The van der Waals surface area contributed by atoms with Crippen LogP contribution in [0.3, 0.4) is 0 Å². The number of ketones is 1. The Bertz CT molecular complexity index is 760. The molecule has 0 amide bonds. The molecule has 2 saturated carbocycles. The third kappa shape index (κ3) is 3.13. The van der Waals surface area contributed by atoms with Crippen LogP contribution >= 0.6 is 0 Å². The summed E-state index contributed by atoms with van der Waals surface area (Å²) in [6.45, 7) is 0. The van der Waals surface area contributed by atoms with Crippen molar-refractivity contribution in [1.82, 2.24) is 0 Å². The molecule has 128 valence electrons. The van der Waals surface area contributed by atoms with Gasteiger partial charge in [-0.3, -0.25) is 4.79 Å². The molecule has 0 aliphatic heterocycles. The third-order valence-corrected chi connectivity index (χ3v) is 5.97. The molecule has 2 aliphatic carbocycles. The predicted octanol–water partition coefficient (Wildman–Crippen LogP) is 5.25. The first-order valence-electron chi connectivity index (χ1n) is 9.18. The minimum atomic E-state index is 0.132. The van der Waals surface area contributed by atoms with Crippen molar-refractivity contribution in [2.45, 2.75) is 19.3 Å². The number of fused-ring (bicyclic) bond motifs is 2. The zero-order valence-electron chi connectivity index (χ0n) is 14.6. The van der Waals surface area contributed by atoms with Crippen LogP contribution in [-0.4, -0.2) is 12.9 Å². The number of hydrogen-bond donors (Lipinski definition) is 0. The van der Waals surface area contributed by atoms with Gasteiger partial charge in [-0.15, -0.1) is 0 Å². The Hall–Kier alpha value is -2.35. The summed E-state index contributed by atoms with van der Waals surface area (Å²) in [6.07, 6.45) is 8.16. The summed E-state index contributed by atoms with van der Waals surface area (Å²) in [5.74, 6) is 2.81. The molecule has 0 spiro atoms. The normalized spacial score (nSPS) is 27.7. The van der Waals surface area contributed by atoms with Gasteiger partial charge in [-0.2, -0.15) is 0 Å². The van der Waals surface area contributed by atoms with Gasteiger partial charge in [-0.05, 0) is 66.8 Å². The second kappa shape index (κ2) is 6.87. The van der Waals surface area contributed by atoms with Crippen molar-refractivity contribution in [2.75, 3.05) is 7.11 Å². The molecule has 0 aromatic heterocycles. The van der Waals surface area contributed by atoms with Crippen LogP contribution in [0.2, 0.25) is 0 Å². The molecule has 4 atom stereocenters. The summed E-state index contributed by atoms with van der Waals surface area (Å²) in [5, 5.41) is 0. The van der Waals surface area contributed by atoms with E-state index in [2.05, 4.69) is 36.4 Å². The van der Waals surface area contributed by atoms with Gasteiger partial charge in [-0.25, -0.2) is 0 Å². The quantitative estimate of drug-likeness (QED) is 0.699. The molecule has 2 bridgehead atoms. The third-order valence-electron chi connectivity index (χ3n) is 5.97. The highest BCUT2D eigenvalue weighted by molar-refractivity contribution is 5.98. The maximum Gasteiger partial charge on any atom is 0.166 e. The Labute approximate surface area is 149 Å². The topological polar surface area (TPSA) is 26.3 Å². The molecule has 2 nitrogen and oxygen atoms in total. The zero-order chi connectivity index (χ0) is 17.2. The lowest BCUT2D eigenvalue weighted by atomic mass is 9.75. The van der Waals surface area contributed by atoms with Gasteiger partial charge in [0.25, 0.3) is 0 Å². The number of hydrogen-bond acceptors (Lipinski definition) is 2. The summed E-state index contributed by atoms with van der Waals surface area (Å²) < 4.78 is 5.21. The van der Waals surface area contributed by atoms with Gasteiger partial charge in [-0.1, -0.05) is 42.5 Å². The minimum absolute atomic E-state index is 0.132. The highest BCUT2D eigenvalue weighted by Crippen LogP contribution is 2.54. The minimum Gasteiger partial charge on any atom is -0.497 e. The number of allylic oxidation sites excluding steroid dienone is 1. The number of ether oxygens (including phenoxy) is 1. The number of methoxy groups -OCH3 is 1. The highest BCUT2D eigenvalue weighted by atomic mass is 16.5. The maximum atomic E-state index is 13.2. The van der Waals surface area contributed by atoms with Crippen LogP contribution in [0, 0.1) is 23.7 Å². The van der Waals surface area contributed by atoms with Gasteiger partial charge in [0.15, 0.2) is 5.78 Å². The molecule has 25 heavy (non-hydrogen) atoms.